The second kappa shape index (κ2) is 2.99. The summed E-state index contributed by atoms with van der Waals surface area (Å²) in [5, 5.41) is 20.3. The van der Waals surface area contributed by atoms with E-state index in [4.69, 9.17) is 0 Å². The van der Waals surface area contributed by atoms with Gasteiger partial charge in [0.25, 0.3) is 0 Å². The Morgan fingerprint density at radius 3 is 1.43 bits per heavy atom. The standard InChI is InChI=1S/C5H10O2/c1-4(6)3-5(2)7/h4-5H,3H2,1-2H3. The van der Waals surface area contributed by atoms with E-state index in [1.807, 2.05) is 0 Å². The number of rotatable bonds is 2. The third kappa shape index (κ3) is 5.92. The van der Waals surface area contributed by atoms with Crippen LogP contribution < -0.4 is 0 Å². The summed E-state index contributed by atoms with van der Waals surface area (Å²) < 4.78 is 0. The van der Waals surface area contributed by atoms with E-state index < -0.39 is 12.2 Å². The van der Waals surface area contributed by atoms with Gasteiger partial charge in [-0.2, -0.15) is 0 Å². The molecule has 42 valence electrons. The Labute approximate surface area is 43.8 Å². The van der Waals surface area contributed by atoms with Crippen molar-refractivity contribution in [3.8, 4) is 0 Å². The quantitative estimate of drug-likeness (QED) is 0.499. The normalized spacial score (nSPS) is 18.9. The fourth-order valence-corrected chi connectivity index (χ4v) is 0.467. The highest BCUT2D eigenvalue weighted by Crippen LogP contribution is 1.95. The van der Waals surface area contributed by atoms with Crippen LogP contribution in [0.15, 0.2) is 0 Å². The molecule has 7 heavy (non-hydrogen) atoms. The van der Waals surface area contributed by atoms with Crippen molar-refractivity contribution in [3.63, 3.8) is 0 Å². The highest BCUT2D eigenvalue weighted by Gasteiger charge is 2.02. The molecule has 0 aliphatic heterocycles. The van der Waals surface area contributed by atoms with Crippen molar-refractivity contribution in [2.45, 2.75) is 32.5 Å². The summed E-state index contributed by atoms with van der Waals surface area (Å²) in [4.78, 5) is 0. The topological polar surface area (TPSA) is 39.8 Å². The van der Waals surface area contributed by atoms with Crippen LogP contribution in [0, 0.1) is 0 Å². The summed E-state index contributed by atoms with van der Waals surface area (Å²) in [6.45, 7) is 3.02. The highest BCUT2D eigenvalue weighted by molar-refractivity contribution is 4.50. The lowest BCUT2D eigenvalue weighted by Crippen LogP contribution is -2.07. The van der Waals surface area contributed by atoms with Gasteiger partial charge in [0.2, 0.25) is 0 Å². The summed E-state index contributed by atoms with van der Waals surface area (Å²) in [5.74, 6) is 0. The second-order valence-electron chi connectivity index (χ2n) is 1.86. The maximum atomic E-state index is 10.1. The van der Waals surface area contributed by atoms with Gasteiger partial charge in [0.05, 0.1) is 12.2 Å². The minimum Gasteiger partial charge on any atom is -0.233 e. The Bertz CT molecular complexity index is 35.3. The molecule has 0 saturated carbocycles. The van der Waals surface area contributed by atoms with Crippen molar-refractivity contribution in [2.24, 2.45) is 0 Å². The SMILES string of the molecule is CC([O])CC(C)[O]. The van der Waals surface area contributed by atoms with Gasteiger partial charge < -0.3 is 0 Å². The van der Waals surface area contributed by atoms with E-state index in [1.54, 1.807) is 0 Å². The molecule has 2 nitrogen and oxygen atoms in total. The summed E-state index contributed by atoms with van der Waals surface area (Å²) >= 11 is 0. The molecule has 0 bridgehead atoms. The molecule has 2 radical (unpaired) electrons. The molecule has 0 spiro atoms. The average Bonchev–Trinajstić information content (AvgIpc) is 1.27. The highest BCUT2D eigenvalue weighted by atomic mass is 16.3. The first kappa shape index (κ1) is 6.92. The fourth-order valence-electron chi connectivity index (χ4n) is 0.467. The zero-order valence-corrected chi connectivity index (χ0v) is 4.68. The lowest BCUT2D eigenvalue weighted by Gasteiger charge is -1.99. The Morgan fingerprint density at radius 1 is 1.14 bits per heavy atom. The van der Waals surface area contributed by atoms with Gasteiger partial charge in [-0.05, 0) is 13.8 Å². The molecule has 0 amide bonds. The van der Waals surface area contributed by atoms with Crippen LogP contribution in [0.3, 0.4) is 0 Å². The van der Waals surface area contributed by atoms with Crippen LogP contribution in [0.1, 0.15) is 20.3 Å². The van der Waals surface area contributed by atoms with Gasteiger partial charge in [-0.25, -0.2) is 10.2 Å². The maximum Gasteiger partial charge on any atom is 0.0927 e. The molecule has 0 aliphatic carbocycles. The molecule has 2 atom stereocenters. The van der Waals surface area contributed by atoms with Gasteiger partial charge in [-0.15, -0.1) is 0 Å². The predicted molar refractivity (Wildman–Crippen MR) is 24.9 cm³/mol. The summed E-state index contributed by atoms with van der Waals surface area (Å²) in [6.07, 6.45) is -1.13. The van der Waals surface area contributed by atoms with Crippen LogP contribution >= 0.6 is 0 Å². The monoisotopic (exact) mass is 102 g/mol. The van der Waals surface area contributed by atoms with Crippen molar-refractivity contribution in [3.05, 3.63) is 0 Å². The average molecular weight is 102 g/mol. The summed E-state index contributed by atoms with van der Waals surface area (Å²) in [7, 11) is 0. The van der Waals surface area contributed by atoms with E-state index in [0.717, 1.165) is 0 Å². The second-order valence-corrected chi connectivity index (χ2v) is 1.86. The molecule has 0 aromatic rings. The van der Waals surface area contributed by atoms with Crippen molar-refractivity contribution in [1.29, 1.82) is 0 Å². The summed E-state index contributed by atoms with van der Waals surface area (Å²) in [6, 6.07) is 0. The van der Waals surface area contributed by atoms with Gasteiger partial charge in [0.15, 0.2) is 0 Å². The Kier molecular flexibility index (Phi) is 2.96. The van der Waals surface area contributed by atoms with Crippen LogP contribution in [-0.2, 0) is 10.2 Å². The number of hydrogen-bond acceptors (Lipinski definition) is 0. The lowest BCUT2D eigenvalue weighted by molar-refractivity contribution is 0.0220. The van der Waals surface area contributed by atoms with E-state index in [1.165, 1.54) is 13.8 Å². The molecule has 0 aromatic heterocycles. The number of hydrogen-bond donors (Lipinski definition) is 0. The van der Waals surface area contributed by atoms with E-state index in [9.17, 15) is 10.2 Å². The van der Waals surface area contributed by atoms with Crippen LogP contribution in [0.5, 0.6) is 0 Å². The van der Waals surface area contributed by atoms with Crippen molar-refractivity contribution >= 4 is 0 Å². The van der Waals surface area contributed by atoms with E-state index in [2.05, 4.69) is 0 Å². The lowest BCUT2D eigenvalue weighted by atomic mass is 10.2. The Hall–Kier alpha value is -0.0800. The molecule has 0 rings (SSSR count). The van der Waals surface area contributed by atoms with Crippen LogP contribution in [0.25, 0.3) is 0 Å². The first-order valence-corrected chi connectivity index (χ1v) is 2.44. The zero-order valence-electron chi connectivity index (χ0n) is 4.68. The van der Waals surface area contributed by atoms with Gasteiger partial charge in [0.1, 0.15) is 0 Å². The van der Waals surface area contributed by atoms with Gasteiger partial charge in [-0.3, -0.25) is 0 Å². The minimum atomic E-state index is -0.688. The molecule has 0 aliphatic rings. The van der Waals surface area contributed by atoms with Crippen molar-refractivity contribution in [2.75, 3.05) is 0 Å². The van der Waals surface area contributed by atoms with E-state index in [-0.39, 0.29) is 6.42 Å². The molecule has 0 heterocycles. The molecule has 0 fully saturated rings. The van der Waals surface area contributed by atoms with Crippen molar-refractivity contribution in [1.82, 2.24) is 0 Å². The van der Waals surface area contributed by atoms with Crippen LogP contribution in [0.2, 0.25) is 0 Å². The first-order valence-electron chi connectivity index (χ1n) is 2.44. The van der Waals surface area contributed by atoms with E-state index in [0.29, 0.717) is 0 Å². The Morgan fingerprint density at radius 2 is 1.43 bits per heavy atom. The van der Waals surface area contributed by atoms with Gasteiger partial charge >= 0.3 is 0 Å². The van der Waals surface area contributed by atoms with Crippen molar-refractivity contribution < 1.29 is 10.2 Å². The largest absolute Gasteiger partial charge is 0.233 e. The molecular weight excluding hydrogens is 92.1 g/mol. The third-order valence-corrected chi connectivity index (χ3v) is 0.664. The van der Waals surface area contributed by atoms with Crippen LogP contribution in [0.4, 0.5) is 0 Å². The van der Waals surface area contributed by atoms with Gasteiger partial charge in [0, 0.05) is 6.42 Å². The smallest absolute Gasteiger partial charge is 0.0927 e. The third-order valence-electron chi connectivity index (χ3n) is 0.664. The minimum absolute atomic E-state index is 0.250. The van der Waals surface area contributed by atoms with Crippen LogP contribution in [-0.4, -0.2) is 12.2 Å². The fraction of sp³-hybridized carbons (Fsp3) is 1.00. The zero-order chi connectivity index (χ0) is 5.86. The molecule has 2 unspecified atom stereocenters. The first-order chi connectivity index (χ1) is 3.13. The Balaban J connectivity index is 2.95. The predicted octanol–water partition coefficient (Wildman–Crippen LogP) is 1.01. The maximum absolute atomic E-state index is 10.1. The molecule has 0 aromatic carbocycles. The summed E-state index contributed by atoms with van der Waals surface area (Å²) in [5.41, 5.74) is 0. The molecular formula is C5H10O2. The van der Waals surface area contributed by atoms with Gasteiger partial charge in [-0.1, -0.05) is 0 Å². The molecule has 0 saturated heterocycles. The van der Waals surface area contributed by atoms with E-state index >= 15 is 0 Å². The molecule has 0 N–H and O–H groups in total. The molecule has 2 heteroatoms.